The molecule has 2 N–H and O–H groups in total. The number of rotatable bonds is 5. The predicted octanol–water partition coefficient (Wildman–Crippen LogP) is 1.99. The van der Waals surface area contributed by atoms with Gasteiger partial charge in [0.25, 0.3) is 0 Å². The van der Waals surface area contributed by atoms with E-state index in [4.69, 9.17) is 4.74 Å². The van der Waals surface area contributed by atoms with Crippen LogP contribution in [0.15, 0.2) is 12.4 Å². The van der Waals surface area contributed by atoms with E-state index < -0.39 is 5.60 Å². The number of carbonyl (C=O) groups is 1. The Hall–Kier alpha value is -1.44. The minimum atomic E-state index is -0.939. The highest BCUT2D eigenvalue weighted by Gasteiger charge is 2.49. The van der Waals surface area contributed by atoms with Crippen LogP contribution < -0.4 is 5.32 Å². The predicted molar refractivity (Wildman–Crippen MR) is 110 cm³/mol. The molecule has 3 fully saturated rings. The maximum atomic E-state index is 12.5. The van der Waals surface area contributed by atoms with Crippen LogP contribution in [0.1, 0.15) is 64.1 Å². The van der Waals surface area contributed by atoms with Crippen molar-refractivity contribution in [3.63, 3.8) is 0 Å². The van der Waals surface area contributed by atoms with Gasteiger partial charge in [0.1, 0.15) is 5.82 Å². The van der Waals surface area contributed by atoms with E-state index >= 15 is 0 Å². The van der Waals surface area contributed by atoms with Crippen molar-refractivity contribution in [1.82, 2.24) is 19.8 Å². The SMILES string of the molecule is Cn1ccnc1CN1CCC2(CC1)C[C@](C)(O)[C@@H](NC(=O)CC1CCCC1)CO2. The van der Waals surface area contributed by atoms with Gasteiger partial charge < -0.3 is 19.7 Å². The Morgan fingerprint density at radius 3 is 2.69 bits per heavy atom. The van der Waals surface area contributed by atoms with Crippen molar-refractivity contribution in [3.8, 4) is 0 Å². The molecule has 29 heavy (non-hydrogen) atoms. The molecule has 1 aromatic rings. The number of aryl methyl sites for hydroxylation is 1. The zero-order chi connectivity index (χ0) is 20.5. The first-order chi connectivity index (χ1) is 13.9. The van der Waals surface area contributed by atoms with Crippen LogP contribution in [0, 0.1) is 5.92 Å². The molecule has 4 rings (SSSR count). The van der Waals surface area contributed by atoms with Crippen molar-refractivity contribution in [2.45, 2.75) is 82.1 Å². The summed E-state index contributed by atoms with van der Waals surface area (Å²) in [6.07, 6.45) is 11.6. The Bertz CT molecular complexity index is 703. The average molecular weight is 405 g/mol. The molecule has 1 spiro atoms. The average Bonchev–Trinajstić information content (AvgIpc) is 3.31. The van der Waals surface area contributed by atoms with Gasteiger partial charge in [-0.15, -0.1) is 0 Å². The summed E-state index contributed by atoms with van der Waals surface area (Å²) in [5.41, 5.74) is -1.22. The number of ether oxygens (including phenoxy) is 1. The second kappa shape index (κ2) is 8.36. The standard InChI is InChI=1S/C22H36N4O3/c1-21(28)16-22(7-10-26(11-8-22)14-19-23-9-12-25(19)2)29-15-18(21)24-20(27)13-17-5-3-4-6-17/h9,12,17-18,28H,3-8,10-11,13-16H2,1-2H3,(H,24,27)/t18-,21-/m0/s1. The molecule has 3 heterocycles. The van der Waals surface area contributed by atoms with Crippen molar-refractivity contribution in [1.29, 1.82) is 0 Å². The fourth-order valence-electron chi connectivity index (χ4n) is 5.38. The van der Waals surface area contributed by atoms with E-state index in [1.165, 1.54) is 12.8 Å². The summed E-state index contributed by atoms with van der Waals surface area (Å²) < 4.78 is 8.37. The van der Waals surface area contributed by atoms with Crippen LogP contribution in [0.3, 0.4) is 0 Å². The number of amides is 1. The van der Waals surface area contributed by atoms with Crippen LogP contribution in [0.4, 0.5) is 0 Å². The summed E-state index contributed by atoms with van der Waals surface area (Å²) in [7, 11) is 2.02. The zero-order valence-corrected chi connectivity index (χ0v) is 17.9. The molecule has 7 nitrogen and oxygen atoms in total. The molecule has 0 bridgehead atoms. The normalized spacial score (nSPS) is 30.7. The van der Waals surface area contributed by atoms with Crippen molar-refractivity contribution in [2.75, 3.05) is 19.7 Å². The Balaban J connectivity index is 1.28. The molecular formula is C22H36N4O3. The van der Waals surface area contributed by atoms with Gasteiger partial charge in [0, 0.05) is 45.4 Å². The monoisotopic (exact) mass is 404 g/mol. The van der Waals surface area contributed by atoms with Crippen LogP contribution in [0.5, 0.6) is 0 Å². The first kappa shape index (κ1) is 20.8. The van der Waals surface area contributed by atoms with Gasteiger partial charge in [-0.2, -0.15) is 0 Å². The van der Waals surface area contributed by atoms with E-state index in [1.54, 1.807) is 0 Å². The maximum absolute atomic E-state index is 12.5. The molecule has 1 aliphatic carbocycles. The number of carbonyl (C=O) groups excluding carboxylic acids is 1. The second-order valence-corrected chi connectivity index (χ2v) is 9.73. The van der Waals surface area contributed by atoms with Gasteiger partial charge in [0.05, 0.1) is 30.4 Å². The smallest absolute Gasteiger partial charge is 0.220 e. The number of aliphatic hydroxyl groups is 1. The van der Waals surface area contributed by atoms with Crippen molar-refractivity contribution in [3.05, 3.63) is 18.2 Å². The third kappa shape index (κ3) is 4.84. The van der Waals surface area contributed by atoms with E-state index in [9.17, 15) is 9.90 Å². The molecule has 1 aromatic heterocycles. The van der Waals surface area contributed by atoms with Gasteiger partial charge in [-0.3, -0.25) is 9.69 Å². The van der Waals surface area contributed by atoms with Crippen LogP contribution in [-0.2, 0) is 23.1 Å². The lowest BCUT2D eigenvalue weighted by atomic mass is 9.75. The van der Waals surface area contributed by atoms with E-state index in [1.807, 2.05) is 26.4 Å². The summed E-state index contributed by atoms with van der Waals surface area (Å²) in [4.78, 5) is 19.3. The third-order valence-corrected chi connectivity index (χ3v) is 7.32. The minimum absolute atomic E-state index is 0.0617. The summed E-state index contributed by atoms with van der Waals surface area (Å²) in [5.74, 6) is 1.65. The van der Waals surface area contributed by atoms with E-state index in [2.05, 4.69) is 19.8 Å². The van der Waals surface area contributed by atoms with E-state index in [-0.39, 0.29) is 17.6 Å². The summed E-state index contributed by atoms with van der Waals surface area (Å²) in [5, 5.41) is 14.2. The molecule has 2 atom stereocenters. The van der Waals surface area contributed by atoms with Gasteiger partial charge in [0.15, 0.2) is 0 Å². The van der Waals surface area contributed by atoms with Crippen molar-refractivity contribution >= 4 is 5.91 Å². The third-order valence-electron chi connectivity index (χ3n) is 7.32. The molecule has 2 saturated heterocycles. The maximum Gasteiger partial charge on any atom is 0.220 e. The highest BCUT2D eigenvalue weighted by atomic mass is 16.5. The Labute approximate surface area is 173 Å². The number of hydrogen-bond donors (Lipinski definition) is 2. The molecule has 2 aliphatic heterocycles. The molecule has 0 aromatic carbocycles. The van der Waals surface area contributed by atoms with Crippen LogP contribution >= 0.6 is 0 Å². The summed E-state index contributed by atoms with van der Waals surface area (Å²) >= 11 is 0. The Kier molecular flexibility index (Phi) is 6.00. The number of piperidine rings is 1. The molecule has 0 radical (unpaired) electrons. The molecule has 7 heteroatoms. The number of nitrogens with one attached hydrogen (secondary N) is 1. The zero-order valence-electron chi connectivity index (χ0n) is 17.9. The first-order valence-corrected chi connectivity index (χ1v) is 11.2. The number of imidazole rings is 1. The topological polar surface area (TPSA) is 79.6 Å². The number of nitrogens with zero attached hydrogens (tertiary/aromatic N) is 3. The van der Waals surface area contributed by atoms with Crippen LogP contribution in [0.25, 0.3) is 0 Å². The van der Waals surface area contributed by atoms with E-state index in [0.717, 1.165) is 51.1 Å². The second-order valence-electron chi connectivity index (χ2n) is 9.73. The Morgan fingerprint density at radius 1 is 1.34 bits per heavy atom. The Morgan fingerprint density at radius 2 is 2.07 bits per heavy atom. The molecule has 1 amide bonds. The number of aromatic nitrogens is 2. The van der Waals surface area contributed by atoms with E-state index in [0.29, 0.717) is 25.4 Å². The summed E-state index contributed by atoms with van der Waals surface area (Å²) in [6, 6.07) is -0.326. The van der Waals surface area contributed by atoms with Gasteiger partial charge in [0.2, 0.25) is 5.91 Å². The van der Waals surface area contributed by atoms with Gasteiger partial charge in [-0.05, 0) is 38.5 Å². The lowest BCUT2D eigenvalue weighted by Gasteiger charge is -2.51. The summed E-state index contributed by atoms with van der Waals surface area (Å²) in [6.45, 7) is 4.96. The molecular weight excluding hydrogens is 368 g/mol. The fourth-order valence-corrected chi connectivity index (χ4v) is 5.38. The van der Waals surface area contributed by atoms with Crippen LogP contribution in [-0.4, -0.2) is 62.4 Å². The quantitative estimate of drug-likeness (QED) is 0.785. The largest absolute Gasteiger partial charge is 0.388 e. The molecule has 0 unspecified atom stereocenters. The molecule has 1 saturated carbocycles. The highest BCUT2D eigenvalue weighted by Crippen LogP contribution is 2.40. The number of hydrogen-bond acceptors (Lipinski definition) is 5. The fraction of sp³-hybridized carbons (Fsp3) is 0.818. The van der Waals surface area contributed by atoms with Crippen molar-refractivity contribution < 1.29 is 14.6 Å². The van der Waals surface area contributed by atoms with Crippen LogP contribution in [0.2, 0.25) is 0 Å². The highest BCUT2D eigenvalue weighted by molar-refractivity contribution is 5.76. The van der Waals surface area contributed by atoms with Gasteiger partial charge in [-0.1, -0.05) is 12.8 Å². The minimum Gasteiger partial charge on any atom is -0.388 e. The van der Waals surface area contributed by atoms with Crippen molar-refractivity contribution in [2.24, 2.45) is 13.0 Å². The van der Waals surface area contributed by atoms with Gasteiger partial charge in [-0.25, -0.2) is 4.98 Å². The molecule has 3 aliphatic rings. The van der Waals surface area contributed by atoms with Gasteiger partial charge >= 0.3 is 0 Å². The first-order valence-electron chi connectivity index (χ1n) is 11.2. The lowest BCUT2D eigenvalue weighted by molar-refractivity contribution is -0.189. The number of likely N-dealkylation sites (tertiary alicyclic amines) is 1. The molecule has 162 valence electrons. The lowest BCUT2D eigenvalue weighted by Crippen LogP contribution is -2.64.